The van der Waals surface area contributed by atoms with Crippen molar-refractivity contribution in [1.29, 1.82) is 0 Å². The fourth-order valence-corrected chi connectivity index (χ4v) is 1.15. The number of benzene rings is 1. The molecule has 0 amide bonds. The molecule has 0 N–H and O–H groups in total. The molecule has 4 heteroatoms. The topological polar surface area (TPSA) is 40.1 Å². The maximum Gasteiger partial charge on any atom is 1.00 e. The molecule has 0 aliphatic heterocycles. The van der Waals surface area contributed by atoms with Gasteiger partial charge in [0.2, 0.25) is 0 Å². The van der Waals surface area contributed by atoms with Crippen molar-refractivity contribution in [3.05, 3.63) is 35.1 Å². The van der Waals surface area contributed by atoms with Gasteiger partial charge in [-0.1, -0.05) is 26.8 Å². The normalized spacial score (nSPS) is 10.7. The number of aromatic carboxylic acids is 1. The minimum atomic E-state index is -1.48. The molecule has 15 heavy (non-hydrogen) atoms. The van der Waals surface area contributed by atoms with Crippen molar-refractivity contribution < 1.29 is 43.8 Å². The van der Waals surface area contributed by atoms with E-state index in [2.05, 4.69) is 0 Å². The second-order valence-electron chi connectivity index (χ2n) is 4.23. The molecule has 1 aromatic carbocycles. The van der Waals surface area contributed by atoms with Gasteiger partial charge in [0.25, 0.3) is 0 Å². The third kappa shape index (κ3) is 3.59. The second kappa shape index (κ2) is 5.10. The van der Waals surface area contributed by atoms with Gasteiger partial charge in [-0.05, 0) is 23.1 Å². The van der Waals surface area contributed by atoms with E-state index in [4.69, 9.17) is 0 Å². The smallest absolute Gasteiger partial charge is 0.545 e. The molecular weight excluding hydrogens is 206 g/mol. The number of carboxylic acids is 1. The maximum absolute atomic E-state index is 13.2. The van der Waals surface area contributed by atoms with Gasteiger partial charge in [0, 0.05) is 5.56 Å². The van der Waals surface area contributed by atoms with Crippen molar-refractivity contribution in [2.24, 2.45) is 0 Å². The molecule has 0 aromatic heterocycles. The van der Waals surface area contributed by atoms with Gasteiger partial charge in [-0.15, -0.1) is 0 Å². The summed E-state index contributed by atoms with van der Waals surface area (Å²) in [6.45, 7) is 5.79. The van der Waals surface area contributed by atoms with Gasteiger partial charge in [0.15, 0.2) is 0 Å². The minimum Gasteiger partial charge on any atom is -0.545 e. The maximum atomic E-state index is 13.2. The summed E-state index contributed by atoms with van der Waals surface area (Å²) in [5.74, 6) is -2.22. The van der Waals surface area contributed by atoms with Crippen molar-refractivity contribution in [3.8, 4) is 0 Å². The summed E-state index contributed by atoms with van der Waals surface area (Å²) in [6, 6.07) is 4.09. The number of carboxylic acid groups (broad SMARTS) is 1. The zero-order valence-corrected chi connectivity index (χ0v) is 11.4. The van der Waals surface area contributed by atoms with Crippen LogP contribution in [0, 0.1) is 5.82 Å². The van der Waals surface area contributed by atoms with Crippen molar-refractivity contribution in [3.63, 3.8) is 0 Å². The fourth-order valence-electron chi connectivity index (χ4n) is 1.15. The first-order valence-electron chi connectivity index (χ1n) is 4.34. The summed E-state index contributed by atoms with van der Waals surface area (Å²) >= 11 is 0. The van der Waals surface area contributed by atoms with Crippen molar-refractivity contribution in [2.45, 2.75) is 26.2 Å². The van der Waals surface area contributed by atoms with E-state index in [-0.39, 0.29) is 35.0 Å². The van der Waals surface area contributed by atoms with Crippen molar-refractivity contribution in [1.82, 2.24) is 0 Å². The number of carbonyl (C=O) groups excluding carboxylic acids is 1. The van der Waals surface area contributed by atoms with Gasteiger partial charge >= 0.3 is 29.6 Å². The SMILES string of the molecule is CC(C)(C)c1ccc(C(=O)[O-])c(F)c1.[Na+]. The zero-order chi connectivity index (χ0) is 10.9. The Morgan fingerprint density at radius 2 is 1.87 bits per heavy atom. The Morgan fingerprint density at radius 1 is 1.33 bits per heavy atom. The Labute approximate surface area is 111 Å². The van der Waals surface area contributed by atoms with E-state index < -0.39 is 17.3 Å². The van der Waals surface area contributed by atoms with Crippen LogP contribution in [-0.2, 0) is 5.41 Å². The molecule has 0 fully saturated rings. The van der Waals surface area contributed by atoms with Gasteiger partial charge in [-0.2, -0.15) is 0 Å². The fraction of sp³-hybridized carbons (Fsp3) is 0.364. The molecule has 0 saturated heterocycles. The van der Waals surface area contributed by atoms with Gasteiger partial charge < -0.3 is 9.90 Å². The van der Waals surface area contributed by atoms with Crippen LogP contribution in [0.2, 0.25) is 0 Å². The first-order chi connectivity index (χ1) is 6.32. The number of hydrogen-bond donors (Lipinski definition) is 0. The molecule has 0 aliphatic rings. The molecule has 0 atom stereocenters. The summed E-state index contributed by atoms with van der Waals surface area (Å²) in [7, 11) is 0. The minimum absolute atomic E-state index is 0. The van der Waals surface area contributed by atoms with Crippen LogP contribution in [-0.4, -0.2) is 5.97 Å². The Bertz CT molecular complexity index is 369. The van der Waals surface area contributed by atoms with E-state index in [0.29, 0.717) is 0 Å². The van der Waals surface area contributed by atoms with Gasteiger partial charge in [-0.25, -0.2) is 4.39 Å². The van der Waals surface area contributed by atoms with E-state index in [1.165, 1.54) is 12.1 Å². The van der Waals surface area contributed by atoms with Gasteiger partial charge in [0.1, 0.15) is 5.82 Å². The predicted octanol–water partition coefficient (Wildman–Crippen LogP) is -1.51. The van der Waals surface area contributed by atoms with Crippen LogP contribution in [0.25, 0.3) is 0 Å². The molecule has 0 heterocycles. The molecule has 0 unspecified atom stereocenters. The Morgan fingerprint density at radius 3 is 2.20 bits per heavy atom. The molecule has 1 rings (SSSR count). The predicted molar refractivity (Wildman–Crippen MR) is 49.4 cm³/mol. The summed E-state index contributed by atoms with van der Waals surface area (Å²) in [6.07, 6.45) is 0. The van der Waals surface area contributed by atoms with Gasteiger partial charge in [-0.3, -0.25) is 0 Å². The van der Waals surface area contributed by atoms with E-state index in [9.17, 15) is 14.3 Å². The molecule has 76 valence electrons. The molecule has 0 saturated carbocycles. The third-order valence-corrected chi connectivity index (χ3v) is 2.06. The number of hydrogen-bond acceptors (Lipinski definition) is 2. The average molecular weight is 218 g/mol. The zero-order valence-electron chi connectivity index (χ0n) is 9.43. The summed E-state index contributed by atoms with van der Waals surface area (Å²) < 4.78 is 13.2. The van der Waals surface area contributed by atoms with Crippen molar-refractivity contribution >= 4 is 5.97 Å². The van der Waals surface area contributed by atoms with E-state index >= 15 is 0 Å². The quantitative estimate of drug-likeness (QED) is 0.538. The molecule has 0 radical (unpaired) electrons. The van der Waals surface area contributed by atoms with Crippen LogP contribution in [0.15, 0.2) is 18.2 Å². The Kier molecular flexibility index (Phi) is 4.97. The van der Waals surface area contributed by atoms with E-state index in [1.54, 1.807) is 6.07 Å². The molecule has 1 aromatic rings. The molecular formula is C11H12FNaO2. The van der Waals surface area contributed by atoms with Crippen LogP contribution in [0.4, 0.5) is 4.39 Å². The van der Waals surface area contributed by atoms with E-state index in [1.807, 2.05) is 20.8 Å². The van der Waals surface area contributed by atoms with Crippen LogP contribution in [0.3, 0.4) is 0 Å². The van der Waals surface area contributed by atoms with E-state index in [0.717, 1.165) is 5.56 Å². The molecule has 0 bridgehead atoms. The van der Waals surface area contributed by atoms with Gasteiger partial charge in [0.05, 0.1) is 5.97 Å². The van der Waals surface area contributed by atoms with Crippen LogP contribution >= 0.6 is 0 Å². The van der Waals surface area contributed by atoms with Crippen LogP contribution in [0.1, 0.15) is 36.7 Å². The summed E-state index contributed by atoms with van der Waals surface area (Å²) in [5, 5.41) is 10.4. The first-order valence-corrected chi connectivity index (χ1v) is 4.34. The molecule has 0 aliphatic carbocycles. The number of rotatable bonds is 1. The van der Waals surface area contributed by atoms with Crippen molar-refractivity contribution in [2.75, 3.05) is 0 Å². The second-order valence-corrected chi connectivity index (χ2v) is 4.23. The summed E-state index contributed by atoms with van der Waals surface area (Å²) in [4.78, 5) is 10.4. The first kappa shape index (κ1) is 14.6. The Balaban J connectivity index is 0.00000196. The molecule has 0 spiro atoms. The third-order valence-electron chi connectivity index (χ3n) is 2.06. The number of carbonyl (C=O) groups is 1. The largest absolute Gasteiger partial charge is 1.00 e. The molecule has 2 nitrogen and oxygen atoms in total. The summed E-state index contributed by atoms with van der Waals surface area (Å²) in [5.41, 5.74) is 0.184. The standard InChI is InChI=1S/C11H13FO2.Na/c1-11(2,3)7-4-5-8(10(13)14)9(12)6-7;/h4-6H,1-3H3,(H,13,14);/q;+1/p-1. The van der Waals surface area contributed by atoms with Crippen LogP contribution in [0.5, 0.6) is 0 Å². The Hall–Kier alpha value is -0.380. The average Bonchev–Trinajstić information content (AvgIpc) is 2.01. The van der Waals surface area contributed by atoms with Crippen LogP contribution < -0.4 is 34.7 Å². The monoisotopic (exact) mass is 218 g/mol. The number of halogens is 1.